The Kier molecular flexibility index (Phi) is 4.36. The van der Waals surface area contributed by atoms with Crippen molar-refractivity contribution in [1.82, 2.24) is 14.9 Å². The van der Waals surface area contributed by atoms with E-state index in [1.54, 1.807) is 6.20 Å². The fraction of sp³-hybridized carbons (Fsp3) is 0.333. The number of likely N-dealkylation sites (tertiary alicyclic amines) is 1. The molecule has 0 aliphatic carbocycles. The van der Waals surface area contributed by atoms with Crippen LogP contribution in [0, 0.1) is 5.92 Å². The van der Waals surface area contributed by atoms with E-state index in [9.17, 15) is 5.11 Å². The van der Waals surface area contributed by atoms with Gasteiger partial charge in [-0.1, -0.05) is 25.1 Å². The van der Waals surface area contributed by atoms with Crippen molar-refractivity contribution >= 4 is 10.9 Å². The van der Waals surface area contributed by atoms with E-state index in [0.29, 0.717) is 11.3 Å². The maximum atomic E-state index is 11.0. The van der Waals surface area contributed by atoms with Crippen molar-refractivity contribution in [3.05, 3.63) is 66.1 Å². The number of rotatable bonds is 3. The second-order valence-corrected chi connectivity index (χ2v) is 6.98. The Morgan fingerprint density at radius 3 is 2.56 bits per heavy atom. The third kappa shape index (κ3) is 3.10. The summed E-state index contributed by atoms with van der Waals surface area (Å²) >= 11 is 0. The molecule has 3 heterocycles. The highest BCUT2D eigenvalue weighted by Gasteiger charge is 2.28. The van der Waals surface area contributed by atoms with Crippen molar-refractivity contribution in [3.63, 3.8) is 0 Å². The standard InChI is InChI=1S/C21H23N3O/c1-15-8-13-24(14-9-15)20(17-6-11-22-12-7-17)18-5-4-16-3-2-10-23-19(16)21(18)25/h2-7,10-12,15,20,25H,8-9,13-14H2,1H3/t20-/m1/s1. The molecule has 1 atom stereocenters. The van der Waals surface area contributed by atoms with Gasteiger partial charge in [-0.3, -0.25) is 14.9 Å². The smallest absolute Gasteiger partial charge is 0.146 e. The highest BCUT2D eigenvalue weighted by atomic mass is 16.3. The van der Waals surface area contributed by atoms with Crippen molar-refractivity contribution in [2.45, 2.75) is 25.8 Å². The van der Waals surface area contributed by atoms with Crippen molar-refractivity contribution in [2.75, 3.05) is 13.1 Å². The normalized spacial score (nSPS) is 17.6. The van der Waals surface area contributed by atoms with Crippen LogP contribution in [0.25, 0.3) is 10.9 Å². The van der Waals surface area contributed by atoms with Crippen molar-refractivity contribution in [3.8, 4) is 5.75 Å². The number of piperidine rings is 1. The Hall–Kier alpha value is -2.46. The zero-order chi connectivity index (χ0) is 17.2. The second kappa shape index (κ2) is 6.81. The number of phenolic OH excluding ortho intramolecular Hbond substituents is 1. The van der Waals surface area contributed by atoms with E-state index >= 15 is 0 Å². The molecule has 25 heavy (non-hydrogen) atoms. The van der Waals surface area contributed by atoms with Crippen molar-refractivity contribution < 1.29 is 5.11 Å². The van der Waals surface area contributed by atoms with Gasteiger partial charge < -0.3 is 5.11 Å². The van der Waals surface area contributed by atoms with E-state index in [-0.39, 0.29) is 6.04 Å². The van der Waals surface area contributed by atoms with Crippen molar-refractivity contribution in [1.29, 1.82) is 0 Å². The number of nitrogens with zero attached hydrogens (tertiary/aromatic N) is 3. The minimum absolute atomic E-state index is 0.0295. The summed E-state index contributed by atoms with van der Waals surface area (Å²) in [5.74, 6) is 1.06. The lowest BCUT2D eigenvalue weighted by molar-refractivity contribution is 0.156. The van der Waals surface area contributed by atoms with Gasteiger partial charge in [0.15, 0.2) is 0 Å². The summed E-state index contributed by atoms with van der Waals surface area (Å²) in [6.07, 6.45) is 7.76. The molecule has 0 saturated carbocycles. The van der Waals surface area contributed by atoms with Crippen LogP contribution in [0.15, 0.2) is 55.0 Å². The minimum Gasteiger partial charge on any atom is -0.505 e. The van der Waals surface area contributed by atoms with Crippen LogP contribution in [0.5, 0.6) is 5.75 Å². The van der Waals surface area contributed by atoms with E-state index < -0.39 is 0 Å². The summed E-state index contributed by atoms with van der Waals surface area (Å²) in [6.45, 7) is 4.39. The first-order valence-corrected chi connectivity index (χ1v) is 8.94. The predicted molar refractivity (Wildman–Crippen MR) is 99.5 cm³/mol. The number of hydrogen-bond acceptors (Lipinski definition) is 4. The molecule has 2 aromatic heterocycles. The Balaban J connectivity index is 1.82. The topological polar surface area (TPSA) is 49.2 Å². The fourth-order valence-corrected chi connectivity index (χ4v) is 3.79. The number of benzene rings is 1. The molecule has 3 aromatic rings. The Labute approximate surface area is 148 Å². The molecule has 1 aliphatic rings. The molecule has 0 unspecified atom stereocenters. The third-order valence-corrected chi connectivity index (χ3v) is 5.28. The number of fused-ring (bicyclic) bond motifs is 1. The van der Waals surface area contributed by atoms with Crippen LogP contribution in [0.4, 0.5) is 0 Å². The highest BCUT2D eigenvalue weighted by molar-refractivity contribution is 5.85. The first kappa shape index (κ1) is 16.0. The molecule has 1 aromatic carbocycles. The number of hydrogen-bond donors (Lipinski definition) is 1. The van der Waals surface area contributed by atoms with E-state index in [1.807, 2.05) is 42.7 Å². The van der Waals surface area contributed by atoms with Gasteiger partial charge in [-0.25, -0.2) is 0 Å². The number of pyridine rings is 2. The molecule has 0 bridgehead atoms. The van der Waals surface area contributed by atoms with E-state index in [0.717, 1.165) is 35.5 Å². The van der Waals surface area contributed by atoms with E-state index in [1.165, 1.54) is 12.8 Å². The van der Waals surface area contributed by atoms with Crippen LogP contribution in [0.2, 0.25) is 0 Å². The van der Waals surface area contributed by atoms with Gasteiger partial charge in [0.2, 0.25) is 0 Å². The zero-order valence-electron chi connectivity index (χ0n) is 14.5. The van der Waals surface area contributed by atoms with Gasteiger partial charge in [0.05, 0.1) is 6.04 Å². The maximum absolute atomic E-state index is 11.0. The van der Waals surface area contributed by atoms with E-state index in [2.05, 4.69) is 27.9 Å². The lowest BCUT2D eigenvalue weighted by Gasteiger charge is -2.37. The third-order valence-electron chi connectivity index (χ3n) is 5.28. The lowest BCUT2D eigenvalue weighted by Crippen LogP contribution is -2.36. The Morgan fingerprint density at radius 2 is 1.80 bits per heavy atom. The Morgan fingerprint density at radius 1 is 1.04 bits per heavy atom. The van der Waals surface area contributed by atoms with Crippen LogP contribution in [0.3, 0.4) is 0 Å². The second-order valence-electron chi connectivity index (χ2n) is 6.98. The molecule has 4 nitrogen and oxygen atoms in total. The number of phenols is 1. The number of aromatic nitrogens is 2. The molecule has 1 fully saturated rings. The van der Waals surface area contributed by atoms with Crippen LogP contribution in [0.1, 0.15) is 36.9 Å². The summed E-state index contributed by atoms with van der Waals surface area (Å²) in [4.78, 5) is 11.0. The molecule has 0 spiro atoms. The number of aromatic hydroxyl groups is 1. The monoisotopic (exact) mass is 333 g/mol. The molecule has 0 radical (unpaired) electrons. The van der Waals surface area contributed by atoms with Gasteiger partial charge >= 0.3 is 0 Å². The summed E-state index contributed by atoms with van der Waals surface area (Å²) in [6, 6.07) is 12.1. The van der Waals surface area contributed by atoms with Gasteiger partial charge in [-0.05, 0) is 55.6 Å². The average Bonchev–Trinajstić information content (AvgIpc) is 2.66. The molecule has 1 saturated heterocycles. The fourth-order valence-electron chi connectivity index (χ4n) is 3.79. The SMILES string of the molecule is CC1CCN([C@H](c2ccncc2)c2ccc3cccnc3c2O)CC1. The molecular weight excluding hydrogens is 310 g/mol. The largest absolute Gasteiger partial charge is 0.505 e. The minimum atomic E-state index is 0.0295. The van der Waals surface area contributed by atoms with E-state index in [4.69, 9.17) is 0 Å². The van der Waals surface area contributed by atoms with Gasteiger partial charge in [0.1, 0.15) is 11.3 Å². The molecular formula is C21H23N3O. The quantitative estimate of drug-likeness (QED) is 0.782. The van der Waals surface area contributed by atoms with Crippen molar-refractivity contribution in [2.24, 2.45) is 5.92 Å². The average molecular weight is 333 g/mol. The van der Waals surface area contributed by atoms with Gasteiger partial charge in [0, 0.05) is 29.5 Å². The predicted octanol–water partition coefficient (Wildman–Crippen LogP) is 4.16. The molecule has 1 N–H and O–H groups in total. The van der Waals surface area contributed by atoms with Crippen LogP contribution in [-0.4, -0.2) is 33.1 Å². The van der Waals surface area contributed by atoms with Gasteiger partial charge in [-0.2, -0.15) is 0 Å². The van der Waals surface area contributed by atoms with Crippen LogP contribution < -0.4 is 0 Å². The molecule has 1 aliphatic heterocycles. The molecule has 0 amide bonds. The highest BCUT2D eigenvalue weighted by Crippen LogP contribution is 2.39. The summed E-state index contributed by atoms with van der Waals surface area (Å²) < 4.78 is 0. The Bertz CT molecular complexity index is 857. The molecule has 128 valence electrons. The van der Waals surface area contributed by atoms with Gasteiger partial charge in [0.25, 0.3) is 0 Å². The zero-order valence-corrected chi connectivity index (χ0v) is 14.5. The van der Waals surface area contributed by atoms with Gasteiger partial charge in [-0.15, -0.1) is 0 Å². The first-order chi connectivity index (χ1) is 12.2. The molecule has 4 heteroatoms. The molecule has 4 rings (SSSR count). The maximum Gasteiger partial charge on any atom is 0.146 e. The first-order valence-electron chi connectivity index (χ1n) is 8.94. The van der Waals surface area contributed by atoms with Crippen LogP contribution in [-0.2, 0) is 0 Å². The summed E-state index contributed by atoms with van der Waals surface area (Å²) in [5.41, 5.74) is 2.76. The van der Waals surface area contributed by atoms with Crippen LogP contribution >= 0.6 is 0 Å². The lowest BCUT2D eigenvalue weighted by atomic mass is 9.91. The summed E-state index contributed by atoms with van der Waals surface area (Å²) in [5, 5.41) is 11.9. The summed E-state index contributed by atoms with van der Waals surface area (Å²) in [7, 11) is 0.